The van der Waals surface area contributed by atoms with Crippen LogP contribution in [0, 0.1) is 35.0 Å². The second-order valence-electron chi connectivity index (χ2n) is 3.97. The van der Waals surface area contributed by atoms with Gasteiger partial charge in [-0.2, -0.15) is 5.26 Å². The Morgan fingerprint density at radius 1 is 1.30 bits per heavy atom. The minimum atomic E-state index is 0.411. The molecule has 0 saturated heterocycles. The van der Waals surface area contributed by atoms with Crippen LogP contribution < -0.4 is 0 Å². The van der Waals surface area contributed by atoms with Crippen molar-refractivity contribution in [2.75, 3.05) is 0 Å². The lowest BCUT2D eigenvalue weighted by atomic mass is 9.83. The van der Waals surface area contributed by atoms with Crippen LogP contribution in [0.25, 0.3) is 0 Å². The van der Waals surface area contributed by atoms with Crippen LogP contribution in [-0.2, 0) is 0 Å². The molecule has 2 rings (SSSR count). The van der Waals surface area contributed by atoms with Gasteiger partial charge < -0.3 is 0 Å². The molecule has 54 valence electrons. The zero-order valence-corrected chi connectivity index (χ0v) is 6.38. The third-order valence-corrected chi connectivity index (χ3v) is 3.02. The van der Waals surface area contributed by atoms with Crippen molar-refractivity contribution in [2.45, 2.75) is 26.2 Å². The summed E-state index contributed by atoms with van der Waals surface area (Å²) in [6.07, 6.45) is 3.91. The van der Waals surface area contributed by atoms with Crippen LogP contribution in [0.15, 0.2) is 0 Å². The Bertz CT molecular complexity index is 180. The van der Waals surface area contributed by atoms with E-state index in [-0.39, 0.29) is 0 Å². The Labute approximate surface area is 62.0 Å². The summed E-state index contributed by atoms with van der Waals surface area (Å²) < 4.78 is 0. The van der Waals surface area contributed by atoms with E-state index in [0.717, 1.165) is 24.2 Å². The van der Waals surface area contributed by atoms with Crippen molar-refractivity contribution in [2.24, 2.45) is 23.7 Å². The molecule has 0 radical (unpaired) electrons. The highest BCUT2D eigenvalue weighted by atomic mass is 14.5. The number of nitrogens with zero attached hydrogens (tertiary/aromatic N) is 1. The van der Waals surface area contributed by atoms with Crippen molar-refractivity contribution in [3.05, 3.63) is 0 Å². The number of fused-ring (bicyclic) bond motifs is 1. The number of hydrogen-bond donors (Lipinski definition) is 0. The van der Waals surface area contributed by atoms with Gasteiger partial charge in [-0.1, -0.05) is 6.92 Å². The highest BCUT2D eigenvalue weighted by Crippen LogP contribution is 2.54. The maximum absolute atomic E-state index is 8.76. The highest BCUT2D eigenvalue weighted by Gasteiger charge is 2.47. The van der Waals surface area contributed by atoms with Crippen molar-refractivity contribution < 1.29 is 0 Å². The largest absolute Gasteiger partial charge is 0.198 e. The van der Waals surface area contributed by atoms with E-state index in [2.05, 4.69) is 13.0 Å². The summed E-state index contributed by atoms with van der Waals surface area (Å²) in [6.45, 7) is 2.28. The molecular formula is C9H13N. The second-order valence-corrected chi connectivity index (χ2v) is 3.97. The lowest BCUT2D eigenvalue weighted by Gasteiger charge is -2.20. The molecule has 0 N–H and O–H groups in total. The van der Waals surface area contributed by atoms with E-state index in [1.54, 1.807) is 0 Å². The van der Waals surface area contributed by atoms with Gasteiger partial charge in [-0.05, 0) is 37.0 Å². The van der Waals surface area contributed by atoms with Gasteiger partial charge in [0.1, 0.15) is 0 Å². The molecule has 1 heteroatoms. The van der Waals surface area contributed by atoms with Crippen molar-refractivity contribution in [3.63, 3.8) is 0 Å². The molecule has 2 fully saturated rings. The van der Waals surface area contributed by atoms with Crippen LogP contribution in [-0.4, -0.2) is 0 Å². The van der Waals surface area contributed by atoms with Crippen molar-refractivity contribution >= 4 is 0 Å². The second kappa shape index (κ2) is 1.99. The van der Waals surface area contributed by atoms with Crippen LogP contribution in [0.1, 0.15) is 26.2 Å². The molecule has 2 saturated carbocycles. The zero-order valence-electron chi connectivity index (χ0n) is 6.38. The third-order valence-electron chi connectivity index (χ3n) is 3.02. The fourth-order valence-corrected chi connectivity index (χ4v) is 2.40. The lowest BCUT2D eigenvalue weighted by molar-refractivity contribution is 0.314. The first-order valence-electron chi connectivity index (χ1n) is 4.21. The fraction of sp³-hybridized carbons (Fsp3) is 0.889. The van der Waals surface area contributed by atoms with E-state index in [9.17, 15) is 0 Å². The van der Waals surface area contributed by atoms with E-state index in [0.29, 0.717) is 5.92 Å². The summed E-state index contributed by atoms with van der Waals surface area (Å²) >= 11 is 0. The van der Waals surface area contributed by atoms with Gasteiger partial charge in [-0.15, -0.1) is 0 Å². The molecule has 0 aromatic carbocycles. The summed E-state index contributed by atoms with van der Waals surface area (Å²) in [5.41, 5.74) is 0. The lowest BCUT2D eigenvalue weighted by Crippen LogP contribution is -2.14. The van der Waals surface area contributed by atoms with E-state index >= 15 is 0 Å². The van der Waals surface area contributed by atoms with Gasteiger partial charge in [0.25, 0.3) is 0 Å². The van der Waals surface area contributed by atoms with Crippen LogP contribution in [0.5, 0.6) is 0 Å². The maximum atomic E-state index is 8.76. The molecule has 0 aromatic heterocycles. The van der Waals surface area contributed by atoms with Crippen LogP contribution in [0.4, 0.5) is 0 Å². The Morgan fingerprint density at radius 3 is 2.80 bits per heavy atom. The van der Waals surface area contributed by atoms with E-state index < -0.39 is 0 Å². The fourth-order valence-electron chi connectivity index (χ4n) is 2.40. The van der Waals surface area contributed by atoms with Crippen molar-refractivity contribution in [1.29, 1.82) is 5.26 Å². The summed E-state index contributed by atoms with van der Waals surface area (Å²) in [5.74, 6) is 2.97. The molecule has 0 amide bonds. The van der Waals surface area contributed by atoms with Crippen molar-refractivity contribution in [1.82, 2.24) is 0 Å². The Morgan fingerprint density at radius 2 is 2.10 bits per heavy atom. The highest BCUT2D eigenvalue weighted by molar-refractivity contribution is 5.04. The molecule has 0 aromatic rings. The summed E-state index contributed by atoms with van der Waals surface area (Å²) in [7, 11) is 0. The van der Waals surface area contributed by atoms with Gasteiger partial charge in [0.15, 0.2) is 0 Å². The molecule has 0 aliphatic heterocycles. The minimum absolute atomic E-state index is 0.411. The first kappa shape index (κ1) is 6.22. The van der Waals surface area contributed by atoms with Gasteiger partial charge in [0.05, 0.1) is 6.07 Å². The van der Waals surface area contributed by atoms with Crippen LogP contribution in [0.2, 0.25) is 0 Å². The monoisotopic (exact) mass is 135 g/mol. The van der Waals surface area contributed by atoms with Crippen LogP contribution in [0.3, 0.4) is 0 Å². The standard InChI is InChI=1S/C9H13N/c1-6-2-7-4-9(7)8(3-6)5-10/h6-9H,2-4H2,1H3/t6?,7-,8-,9+/m0/s1. The molecule has 0 spiro atoms. The third kappa shape index (κ3) is 0.831. The molecule has 2 aliphatic carbocycles. The molecule has 10 heavy (non-hydrogen) atoms. The zero-order chi connectivity index (χ0) is 7.14. The number of rotatable bonds is 0. The average Bonchev–Trinajstić information content (AvgIpc) is 2.64. The van der Waals surface area contributed by atoms with Crippen LogP contribution >= 0.6 is 0 Å². The SMILES string of the molecule is CC1C[C@H]2C[C@H]2[C@H](C#N)C1. The smallest absolute Gasteiger partial charge is 0.0658 e. The minimum Gasteiger partial charge on any atom is -0.198 e. The first-order valence-corrected chi connectivity index (χ1v) is 4.21. The predicted molar refractivity (Wildman–Crippen MR) is 39.1 cm³/mol. The number of hydrogen-bond acceptors (Lipinski definition) is 1. The average molecular weight is 135 g/mol. The summed E-state index contributed by atoms with van der Waals surface area (Å²) in [5, 5.41) is 8.76. The quantitative estimate of drug-likeness (QED) is 0.499. The Kier molecular flexibility index (Phi) is 1.23. The van der Waals surface area contributed by atoms with Gasteiger partial charge in [-0.25, -0.2) is 0 Å². The molecule has 1 nitrogen and oxygen atoms in total. The van der Waals surface area contributed by atoms with Gasteiger partial charge in [0, 0.05) is 5.92 Å². The Balaban J connectivity index is 2.04. The van der Waals surface area contributed by atoms with E-state index in [1.165, 1.54) is 12.8 Å². The molecule has 0 bridgehead atoms. The van der Waals surface area contributed by atoms with Gasteiger partial charge in [-0.3, -0.25) is 0 Å². The number of nitriles is 1. The molecule has 0 heterocycles. The summed E-state index contributed by atoms with van der Waals surface area (Å²) in [6, 6.07) is 2.43. The molecule has 2 aliphatic rings. The van der Waals surface area contributed by atoms with Crippen molar-refractivity contribution in [3.8, 4) is 6.07 Å². The summed E-state index contributed by atoms with van der Waals surface area (Å²) in [4.78, 5) is 0. The van der Waals surface area contributed by atoms with Gasteiger partial charge in [0.2, 0.25) is 0 Å². The Hall–Kier alpha value is -0.510. The maximum Gasteiger partial charge on any atom is 0.0658 e. The predicted octanol–water partition coefficient (Wildman–Crippen LogP) is 2.19. The first-order chi connectivity index (χ1) is 4.81. The topological polar surface area (TPSA) is 23.8 Å². The van der Waals surface area contributed by atoms with Gasteiger partial charge >= 0.3 is 0 Å². The molecule has 1 unspecified atom stereocenters. The van der Waals surface area contributed by atoms with E-state index in [1.807, 2.05) is 0 Å². The van der Waals surface area contributed by atoms with E-state index in [4.69, 9.17) is 5.26 Å². The molecule has 4 atom stereocenters. The normalized spacial score (nSPS) is 51.2. The molecular weight excluding hydrogens is 122 g/mol.